The molecule has 10 heavy (non-hydrogen) atoms. The third-order valence-corrected chi connectivity index (χ3v) is 1.31. The highest BCUT2D eigenvalue weighted by Crippen LogP contribution is 1.99. The maximum Gasteiger partial charge on any atom is 0.253 e. The Morgan fingerprint density at radius 1 is 1.80 bits per heavy atom. The van der Waals surface area contributed by atoms with Gasteiger partial charge < -0.3 is 0 Å². The van der Waals surface area contributed by atoms with E-state index in [1.165, 1.54) is 0 Å². The van der Waals surface area contributed by atoms with E-state index >= 15 is 0 Å². The van der Waals surface area contributed by atoms with Gasteiger partial charge in [-0.1, -0.05) is 0 Å². The Balaban J connectivity index is 3.08. The smallest absolute Gasteiger partial charge is 0.253 e. The van der Waals surface area contributed by atoms with Crippen LogP contribution < -0.4 is 0 Å². The zero-order valence-corrected chi connectivity index (χ0v) is 6.09. The van der Waals surface area contributed by atoms with Crippen molar-refractivity contribution >= 4 is 6.29 Å². The number of carbonyl (C=O) groups excluding carboxylic acids is 1. The number of hydrogen-bond donors (Lipinski definition) is 0. The molecule has 0 amide bonds. The predicted molar refractivity (Wildman–Crippen MR) is 37.4 cm³/mol. The van der Waals surface area contributed by atoms with Gasteiger partial charge in [-0.25, -0.2) is 0 Å². The van der Waals surface area contributed by atoms with Gasteiger partial charge in [0.05, 0.1) is 5.69 Å². The van der Waals surface area contributed by atoms with E-state index in [0.717, 1.165) is 12.2 Å². The fourth-order valence-corrected chi connectivity index (χ4v) is 0.869. The van der Waals surface area contributed by atoms with E-state index in [1.54, 1.807) is 10.7 Å². The highest BCUT2D eigenvalue weighted by molar-refractivity contribution is 5.72. The first kappa shape index (κ1) is 6.99. The summed E-state index contributed by atoms with van der Waals surface area (Å²) >= 11 is 0. The molecule has 3 heteroatoms. The average Bonchev–Trinajstić information content (AvgIpc) is 2.30. The molecule has 0 saturated carbocycles. The van der Waals surface area contributed by atoms with E-state index < -0.39 is 0 Å². The van der Waals surface area contributed by atoms with Gasteiger partial charge in [-0.3, -0.25) is 9.48 Å². The van der Waals surface area contributed by atoms with Gasteiger partial charge in [-0.2, -0.15) is 5.10 Å². The molecule has 0 fully saturated rings. The zero-order chi connectivity index (χ0) is 7.56. The molecule has 3 nitrogen and oxygen atoms in total. The minimum atomic E-state index is 0.528. The molecular formula is C7H9N2O. The Hall–Kier alpha value is -1.12. The predicted octanol–water partition coefficient (Wildman–Crippen LogP) is 0.669. The summed E-state index contributed by atoms with van der Waals surface area (Å²) in [5, 5.41) is 4.05. The number of rotatable bonds is 2. The molecule has 53 valence electrons. The van der Waals surface area contributed by atoms with Crippen LogP contribution in [0.2, 0.25) is 0 Å². The minimum Gasteiger partial charge on any atom is -0.283 e. The van der Waals surface area contributed by atoms with Crippen LogP contribution in [0.25, 0.3) is 0 Å². The lowest BCUT2D eigenvalue weighted by Gasteiger charge is -1.93. The first-order valence-electron chi connectivity index (χ1n) is 3.20. The number of hydrogen-bond acceptors (Lipinski definition) is 2. The molecule has 1 aromatic rings. The van der Waals surface area contributed by atoms with Crippen molar-refractivity contribution in [3.63, 3.8) is 0 Å². The van der Waals surface area contributed by atoms with Crippen LogP contribution in [0.15, 0.2) is 6.07 Å². The first-order valence-corrected chi connectivity index (χ1v) is 3.20. The molecule has 0 spiro atoms. The molecule has 0 bridgehead atoms. The summed E-state index contributed by atoms with van der Waals surface area (Å²) in [6.45, 7) is 4.51. The lowest BCUT2D eigenvalue weighted by atomic mass is 10.4. The second kappa shape index (κ2) is 2.64. The fraction of sp³-hybridized carbons (Fsp3) is 0.429. The van der Waals surface area contributed by atoms with E-state index in [-0.39, 0.29) is 0 Å². The summed E-state index contributed by atoms with van der Waals surface area (Å²) in [5.74, 6) is 0. The van der Waals surface area contributed by atoms with Crippen LogP contribution in [0.4, 0.5) is 0 Å². The SMILES string of the molecule is CCn1nc(C)cc1[C]=O. The molecule has 1 aromatic heterocycles. The summed E-state index contributed by atoms with van der Waals surface area (Å²) < 4.78 is 1.63. The lowest BCUT2D eigenvalue weighted by Crippen LogP contribution is -2.01. The Bertz CT molecular complexity index is 240. The van der Waals surface area contributed by atoms with Crippen molar-refractivity contribution in [3.05, 3.63) is 17.5 Å². The molecular weight excluding hydrogens is 128 g/mol. The molecule has 1 radical (unpaired) electrons. The highest BCUT2D eigenvalue weighted by Gasteiger charge is 2.01. The first-order chi connectivity index (χ1) is 4.77. The van der Waals surface area contributed by atoms with E-state index in [4.69, 9.17) is 0 Å². The van der Waals surface area contributed by atoms with Gasteiger partial charge in [0.1, 0.15) is 5.69 Å². The van der Waals surface area contributed by atoms with Gasteiger partial charge in [0.25, 0.3) is 6.29 Å². The van der Waals surface area contributed by atoms with Gasteiger partial charge in [0, 0.05) is 6.54 Å². The standard InChI is InChI=1S/C7H9N2O/c1-3-9-7(5-10)4-6(2)8-9/h4H,3H2,1-2H3. The second-order valence-corrected chi connectivity index (χ2v) is 2.09. The van der Waals surface area contributed by atoms with Crippen LogP contribution in [-0.4, -0.2) is 16.1 Å². The van der Waals surface area contributed by atoms with E-state index in [2.05, 4.69) is 5.10 Å². The Kier molecular flexibility index (Phi) is 1.85. The van der Waals surface area contributed by atoms with Gasteiger partial charge in [0.15, 0.2) is 0 Å². The average molecular weight is 137 g/mol. The van der Waals surface area contributed by atoms with Gasteiger partial charge in [-0.15, -0.1) is 0 Å². The fourth-order valence-electron chi connectivity index (χ4n) is 0.869. The second-order valence-electron chi connectivity index (χ2n) is 2.09. The molecule has 0 N–H and O–H groups in total. The maximum absolute atomic E-state index is 10.2. The minimum absolute atomic E-state index is 0.528. The van der Waals surface area contributed by atoms with Gasteiger partial charge >= 0.3 is 0 Å². The zero-order valence-electron chi connectivity index (χ0n) is 6.09. The Morgan fingerprint density at radius 2 is 2.50 bits per heavy atom. The van der Waals surface area contributed by atoms with Crippen LogP contribution in [-0.2, 0) is 11.3 Å². The van der Waals surface area contributed by atoms with E-state index in [0.29, 0.717) is 5.69 Å². The molecule has 0 aromatic carbocycles. The van der Waals surface area contributed by atoms with E-state index in [9.17, 15) is 4.79 Å². The molecule has 0 aliphatic carbocycles. The normalized spacial score (nSPS) is 9.80. The van der Waals surface area contributed by atoms with Crippen molar-refractivity contribution in [2.45, 2.75) is 20.4 Å². The molecule has 0 saturated heterocycles. The largest absolute Gasteiger partial charge is 0.283 e. The van der Waals surface area contributed by atoms with Crippen LogP contribution in [0.1, 0.15) is 18.3 Å². The van der Waals surface area contributed by atoms with Crippen LogP contribution in [0.3, 0.4) is 0 Å². The summed E-state index contributed by atoms with van der Waals surface area (Å²) in [4.78, 5) is 10.2. The third-order valence-electron chi connectivity index (χ3n) is 1.31. The summed E-state index contributed by atoms with van der Waals surface area (Å²) in [7, 11) is 0. The van der Waals surface area contributed by atoms with Gasteiger partial charge in [0.2, 0.25) is 0 Å². The quantitative estimate of drug-likeness (QED) is 0.600. The van der Waals surface area contributed by atoms with Crippen LogP contribution in [0.5, 0.6) is 0 Å². The number of nitrogens with zero attached hydrogens (tertiary/aromatic N) is 2. The molecule has 0 aliphatic rings. The van der Waals surface area contributed by atoms with Crippen LogP contribution >= 0.6 is 0 Å². The Morgan fingerprint density at radius 3 is 2.90 bits per heavy atom. The summed E-state index contributed by atoms with van der Waals surface area (Å²) in [5.41, 5.74) is 1.39. The topological polar surface area (TPSA) is 34.9 Å². The number of aromatic nitrogens is 2. The van der Waals surface area contributed by atoms with Crippen LogP contribution in [0, 0.1) is 6.92 Å². The van der Waals surface area contributed by atoms with Crippen molar-refractivity contribution in [1.29, 1.82) is 0 Å². The Labute approximate surface area is 59.7 Å². The highest BCUT2D eigenvalue weighted by atomic mass is 16.1. The summed E-state index contributed by atoms with van der Waals surface area (Å²) in [6, 6.07) is 1.72. The summed E-state index contributed by atoms with van der Waals surface area (Å²) in [6.07, 6.45) is 1.82. The monoisotopic (exact) mass is 137 g/mol. The van der Waals surface area contributed by atoms with Crippen molar-refractivity contribution in [1.82, 2.24) is 9.78 Å². The van der Waals surface area contributed by atoms with Crippen molar-refractivity contribution < 1.29 is 4.79 Å². The number of aryl methyl sites for hydroxylation is 2. The van der Waals surface area contributed by atoms with Crippen molar-refractivity contribution in [3.8, 4) is 0 Å². The molecule has 0 aliphatic heterocycles. The third kappa shape index (κ3) is 1.07. The molecule has 1 heterocycles. The van der Waals surface area contributed by atoms with Gasteiger partial charge in [-0.05, 0) is 19.9 Å². The molecule has 0 atom stereocenters. The molecule has 1 rings (SSSR count). The molecule has 0 unspecified atom stereocenters. The van der Waals surface area contributed by atoms with Crippen molar-refractivity contribution in [2.75, 3.05) is 0 Å². The lowest BCUT2D eigenvalue weighted by molar-refractivity contribution is 0.553. The van der Waals surface area contributed by atoms with E-state index in [1.807, 2.05) is 20.1 Å². The maximum atomic E-state index is 10.2. The van der Waals surface area contributed by atoms with Crippen molar-refractivity contribution in [2.24, 2.45) is 0 Å².